The van der Waals surface area contributed by atoms with Crippen LogP contribution in [0.5, 0.6) is 0 Å². The van der Waals surface area contributed by atoms with E-state index in [1.165, 1.54) is 270 Å². The summed E-state index contributed by atoms with van der Waals surface area (Å²) in [6.07, 6.45) is 59.4. The lowest BCUT2D eigenvalue weighted by molar-refractivity contribution is -0.359. The van der Waals surface area contributed by atoms with Gasteiger partial charge in [0.2, 0.25) is 5.91 Å². The molecule has 12 atom stereocenters. The number of rotatable bonds is 62. The lowest BCUT2D eigenvalue weighted by atomic mass is 9.97. The predicted octanol–water partition coefficient (Wildman–Crippen LogP) is 15.7. The van der Waals surface area contributed by atoms with Gasteiger partial charge in [-0.3, -0.25) is 4.79 Å². The summed E-state index contributed by atoms with van der Waals surface area (Å²) in [6.45, 7) is 2.83. The lowest BCUT2D eigenvalue weighted by Crippen LogP contribution is -2.65. The molecule has 0 radical (unpaired) electrons. The predicted molar refractivity (Wildman–Crippen MR) is 360 cm³/mol. The topological polar surface area (TPSA) is 228 Å². The Morgan fingerprint density at radius 1 is 0.398 bits per heavy atom. The second kappa shape index (κ2) is 59.0. The van der Waals surface area contributed by atoms with Crippen molar-refractivity contribution in [3.05, 3.63) is 36.5 Å². The van der Waals surface area contributed by atoms with Crippen LogP contribution in [0.4, 0.5) is 0 Å². The summed E-state index contributed by atoms with van der Waals surface area (Å²) in [5.41, 5.74) is 0. The number of hydrogen-bond acceptors (Lipinski definition) is 13. The quantitative estimate of drug-likeness (QED) is 0.0204. The van der Waals surface area contributed by atoms with Crippen molar-refractivity contribution in [2.45, 2.75) is 408 Å². The summed E-state index contributed by atoms with van der Waals surface area (Å²) in [5.74, 6) is -0.242. The molecule has 2 rings (SSSR count). The fraction of sp³-hybridized carbons (Fsp3) is 0.905. The molecule has 14 nitrogen and oxygen atoms in total. The summed E-state index contributed by atoms with van der Waals surface area (Å²) < 4.78 is 22.9. The van der Waals surface area contributed by atoms with Crippen LogP contribution in [0.2, 0.25) is 0 Å². The van der Waals surface area contributed by atoms with Gasteiger partial charge in [0, 0.05) is 6.42 Å². The molecule has 0 aromatic carbocycles. The van der Waals surface area contributed by atoms with Gasteiger partial charge in [-0.2, -0.15) is 0 Å². The first kappa shape index (κ1) is 82.3. The van der Waals surface area contributed by atoms with Gasteiger partial charge in [-0.25, -0.2) is 0 Å². The number of aliphatic hydroxyl groups excluding tert-OH is 8. The van der Waals surface area contributed by atoms with Crippen molar-refractivity contribution in [3.8, 4) is 0 Å². The lowest BCUT2D eigenvalue weighted by Gasteiger charge is -2.46. The number of aliphatic hydroxyl groups is 8. The van der Waals surface area contributed by atoms with Crippen molar-refractivity contribution in [2.75, 3.05) is 19.8 Å². The van der Waals surface area contributed by atoms with Crippen LogP contribution < -0.4 is 5.32 Å². The molecule has 0 aliphatic carbocycles. The van der Waals surface area contributed by atoms with Crippen LogP contribution in [0, 0.1) is 0 Å². The fourth-order valence-electron chi connectivity index (χ4n) is 12.4. The highest BCUT2D eigenvalue weighted by Gasteiger charge is 2.51. The van der Waals surface area contributed by atoms with Gasteiger partial charge in [-0.05, 0) is 57.8 Å². The van der Waals surface area contributed by atoms with E-state index in [-0.39, 0.29) is 18.9 Å². The Bertz CT molecular complexity index is 1620. The van der Waals surface area contributed by atoms with Gasteiger partial charge in [0.25, 0.3) is 0 Å². The average molecular weight is 1250 g/mol. The summed E-state index contributed by atoms with van der Waals surface area (Å²) in [7, 11) is 0. The summed E-state index contributed by atoms with van der Waals surface area (Å²) in [4.78, 5) is 13.3. The normalized spacial score (nSPS) is 23.3. The first-order valence-corrected chi connectivity index (χ1v) is 37.2. The molecular formula is C74H139NO13. The number of carbonyl (C=O) groups is 1. The van der Waals surface area contributed by atoms with Gasteiger partial charge in [0.1, 0.15) is 48.8 Å². The average Bonchev–Trinajstić information content (AvgIpc) is 2.07. The molecule has 9 N–H and O–H groups in total. The molecule has 0 saturated carbocycles. The Morgan fingerprint density at radius 3 is 1.11 bits per heavy atom. The van der Waals surface area contributed by atoms with Gasteiger partial charge in [-0.15, -0.1) is 0 Å². The molecule has 12 unspecified atom stereocenters. The van der Waals surface area contributed by atoms with Crippen LogP contribution in [0.1, 0.15) is 335 Å². The molecule has 0 aromatic heterocycles. The van der Waals surface area contributed by atoms with Gasteiger partial charge in [-0.1, -0.05) is 307 Å². The van der Waals surface area contributed by atoms with E-state index >= 15 is 0 Å². The SMILES string of the molecule is CCCCCCCCCC/C=C\CCCCCCCCCCCCCCCCCCCCCCCC(=O)NC(COC1OC(CO)C(OC2OC(CO)C(O)C(O)C2O)C(O)C1O)C(O)/C=C/CC/C=C/CCCCCCCCCCCCCCCCC. The number of hydrogen-bond donors (Lipinski definition) is 9. The summed E-state index contributed by atoms with van der Waals surface area (Å²) in [6, 6.07) is -0.931. The third kappa shape index (κ3) is 42.4. The van der Waals surface area contributed by atoms with Crippen molar-refractivity contribution >= 4 is 5.91 Å². The highest BCUT2D eigenvalue weighted by Crippen LogP contribution is 2.30. The van der Waals surface area contributed by atoms with Gasteiger partial charge < -0.3 is 65.1 Å². The third-order valence-electron chi connectivity index (χ3n) is 18.3. The van der Waals surface area contributed by atoms with Crippen LogP contribution >= 0.6 is 0 Å². The van der Waals surface area contributed by atoms with Gasteiger partial charge in [0.05, 0.1) is 32.0 Å². The fourth-order valence-corrected chi connectivity index (χ4v) is 12.4. The molecule has 0 bridgehead atoms. The maximum Gasteiger partial charge on any atom is 0.220 e. The molecular weight excluding hydrogens is 1110 g/mol. The minimum absolute atomic E-state index is 0.242. The number of allylic oxidation sites excluding steroid dienone is 5. The Balaban J connectivity index is 1.64. The van der Waals surface area contributed by atoms with E-state index in [0.717, 1.165) is 32.1 Å². The van der Waals surface area contributed by atoms with Gasteiger partial charge >= 0.3 is 0 Å². The molecule has 2 saturated heterocycles. The van der Waals surface area contributed by atoms with Crippen LogP contribution in [-0.4, -0.2) is 140 Å². The smallest absolute Gasteiger partial charge is 0.220 e. The van der Waals surface area contributed by atoms with E-state index in [0.29, 0.717) is 12.8 Å². The minimum atomic E-state index is -1.79. The molecule has 0 aromatic rings. The van der Waals surface area contributed by atoms with Crippen LogP contribution in [0.25, 0.3) is 0 Å². The molecule has 518 valence electrons. The Labute approximate surface area is 538 Å². The Kier molecular flexibility index (Phi) is 55.2. The zero-order valence-electron chi connectivity index (χ0n) is 56.5. The van der Waals surface area contributed by atoms with Crippen molar-refractivity contribution in [2.24, 2.45) is 0 Å². The van der Waals surface area contributed by atoms with Crippen LogP contribution in [0.3, 0.4) is 0 Å². The van der Waals surface area contributed by atoms with Crippen LogP contribution in [-0.2, 0) is 23.7 Å². The van der Waals surface area contributed by atoms with E-state index in [4.69, 9.17) is 18.9 Å². The zero-order valence-corrected chi connectivity index (χ0v) is 56.5. The van der Waals surface area contributed by atoms with E-state index in [1.54, 1.807) is 6.08 Å². The maximum atomic E-state index is 13.3. The zero-order chi connectivity index (χ0) is 63.8. The highest BCUT2D eigenvalue weighted by atomic mass is 16.7. The third-order valence-corrected chi connectivity index (χ3v) is 18.3. The van der Waals surface area contributed by atoms with Crippen molar-refractivity contribution in [3.63, 3.8) is 0 Å². The molecule has 2 aliphatic heterocycles. The standard InChI is InChI=1S/C74H139NO13/c1-3-5-7-9-11-13-15-17-19-21-23-25-26-27-28-29-30-31-32-33-34-35-36-38-40-42-44-46-48-50-52-54-56-58-66(79)75-62(63(78)57-55-53-51-49-47-45-43-41-39-37-24-22-20-18-16-14-12-10-8-6-4-2)61-85-73-71(84)69(82)72(65(60-77)87-73)88-74-70(83)68(81)67(80)64(59-76)86-74/h21,23,47,49,55,57,62-65,67-74,76-78,80-84H,3-20,22,24-46,48,50-54,56,58-61H2,1-2H3,(H,75,79)/b23-21-,49-47+,57-55+. The first-order chi connectivity index (χ1) is 43.1. The second-order valence-corrected chi connectivity index (χ2v) is 26.4. The molecule has 88 heavy (non-hydrogen) atoms. The summed E-state index contributed by atoms with van der Waals surface area (Å²) >= 11 is 0. The molecule has 0 spiro atoms. The number of amides is 1. The van der Waals surface area contributed by atoms with E-state index < -0.39 is 86.8 Å². The number of carbonyl (C=O) groups excluding carboxylic acids is 1. The van der Waals surface area contributed by atoms with Crippen molar-refractivity contribution in [1.82, 2.24) is 5.32 Å². The Hall–Kier alpha value is -1.79. The van der Waals surface area contributed by atoms with Crippen molar-refractivity contribution < 1.29 is 64.6 Å². The largest absolute Gasteiger partial charge is 0.394 e. The van der Waals surface area contributed by atoms with E-state index in [9.17, 15) is 45.6 Å². The van der Waals surface area contributed by atoms with E-state index in [1.807, 2.05) is 6.08 Å². The maximum absolute atomic E-state index is 13.3. The molecule has 1 amide bonds. The monoisotopic (exact) mass is 1250 g/mol. The minimum Gasteiger partial charge on any atom is -0.394 e. The van der Waals surface area contributed by atoms with Crippen LogP contribution in [0.15, 0.2) is 36.5 Å². The molecule has 2 fully saturated rings. The van der Waals surface area contributed by atoms with Crippen molar-refractivity contribution in [1.29, 1.82) is 0 Å². The summed E-state index contributed by atoms with van der Waals surface area (Å²) in [5, 5.41) is 87.5. The Morgan fingerprint density at radius 2 is 0.727 bits per heavy atom. The first-order valence-electron chi connectivity index (χ1n) is 37.2. The van der Waals surface area contributed by atoms with E-state index in [2.05, 4.69) is 43.5 Å². The highest BCUT2D eigenvalue weighted by molar-refractivity contribution is 5.76. The molecule has 2 heterocycles. The number of ether oxygens (including phenoxy) is 4. The molecule has 14 heteroatoms. The number of unbranched alkanes of at least 4 members (excludes halogenated alkanes) is 45. The number of nitrogens with one attached hydrogen (secondary N) is 1. The second-order valence-electron chi connectivity index (χ2n) is 26.4. The molecule has 2 aliphatic rings. The van der Waals surface area contributed by atoms with Gasteiger partial charge in [0.15, 0.2) is 12.6 Å².